The number of hydrogen-bond acceptors (Lipinski definition) is 4. The number of nitrogens with zero attached hydrogens (tertiary/aromatic N) is 1. The molecular weight excluding hydrogens is 260 g/mol. The average Bonchev–Trinajstić information content (AvgIpc) is 2.83. The van der Waals surface area contributed by atoms with Crippen molar-refractivity contribution < 1.29 is 0 Å². The minimum atomic E-state index is 0.750. The molecule has 0 saturated heterocycles. The smallest absolute Gasteiger partial charge is 0.103 e. The molecule has 2 N–H and O–H groups in total. The third-order valence-electron chi connectivity index (χ3n) is 2.33. The third-order valence-corrected chi connectivity index (χ3v) is 4.50. The molecule has 80 valence electrons. The molecule has 0 amide bonds. The van der Waals surface area contributed by atoms with Gasteiger partial charge in [-0.2, -0.15) is 4.37 Å². The molecule has 5 heteroatoms. The Morgan fingerprint density at radius 3 is 2.88 bits per heavy atom. The lowest BCUT2D eigenvalue weighted by molar-refractivity contribution is 1.60. The summed E-state index contributed by atoms with van der Waals surface area (Å²) in [5.41, 5.74) is 7.48. The first-order chi connectivity index (χ1) is 7.75. The van der Waals surface area contributed by atoms with Gasteiger partial charge in [-0.15, -0.1) is 11.3 Å². The van der Waals surface area contributed by atoms with Crippen LogP contribution in [0.15, 0.2) is 29.6 Å². The second kappa shape index (κ2) is 3.73. The zero-order valence-electron chi connectivity index (χ0n) is 8.11. The highest BCUT2D eigenvalue weighted by Gasteiger charge is 2.12. The van der Waals surface area contributed by atoms with Gasteiger partial charge < -0.3 is 5.73 Å². The van der Waals surface area contributed by atoms with Crippen LogP contribution in [0.5, 0.6) is 0 Å². The number of benzene rings is 1. The van der Waals surface area contributed by atoms with Crippen molar-refractivity contribution in [3.05, 3.63) is 34.7 Å². The number of nitrogens with two attached hydrogens (primary N) is 1. The average molecular weight is 267 g/mol. The Morgan fingerprint density at radius 2 is 2.12 bits per heavy atom. The molecule has 16 heavy (non-hydrogen) atoms. The van der Waals surface area contributed by atoms with Crippen LogP contribution in [0.25, 0.3) is 20.7 Å². The predicted octanol–water partition coefficient (Wildman–Crippen LogP) is 4.26. The van der Waals surface area contributed by atoms with Crippen molar-refractivity contribution in [1.29, 1.82) is 0 Å². The van der Waals surface area contributed by atoms with Crippen LogP contribution in [0.3, 0.4) is 0 Å². The van der Waals surface area contributed by atoms with Gasteiger partial charge in [-0.1, -0.05) is 11.6 Å². The van der Waals surface area contributed by atoms with Crippen LogP contribution < -0.4 is 5.73 Å². The van der Waals surface area contributed by atoms with Crippen molar-refractivity contribution in [3.8, 4) is 10.6 Å². The first kappa shape index (κ1) is 10.1. The Morgan fingerprint density at radius 1 is 1.25 bits per heavy atom. The molecule has 0 aliphatic rings. The fraction of sp³-hybridized carbons (Fsp3) is 0. The van der Waals surface area contributed by atoms with Gasteiger partial charge in [0.15, 0.2) is 0 Å². The van der Waals surface area contributed by atoms with E-state index in [1.807, 2.05) is 29.6 Å². The summed E-state index contributed by atoms with van der Waals surface area (Å²) in [5, 5.41) is 3.80. The highest BCUT2D eigenvalue weighted by Crippen LogP contribution is 2.38. The van der Waals surface area contributed by atoms with E-state index < -0.39 is 0 Å². The van der Waals surface area contributed by atoms with E-state index in [1.54, 1.807) is 11.3 Å². The van der Waals surface area contributed by atoms with Gasteiger partial charge in [0, 0.05) is 11.1 Å². The quantitative estimate of drug-likeness (QED) is 0.669. The molecule has 0 unspecified atom stereocenters. The Labute approximate surface area is 105 Å². The van der Waals surface area contributed by atoms with Gasteiger partial charge in [-0.25, -0.2) is 0 Å². The minimum absolute atomic E-state index is 0.750. The standard InChI is InChI=1S/C11H7ClN2S2/c12-8-3-4-15-11(8)10-7-5-6(13)1-2-9(7)16-14-10/h1-5H,13H2. The lowest BCUT2D eigenvalue weighted by atomic mass is 10.2. The van der Waals surface area contributed by atoms with E-state index in [0.717, 1.165) is 31.4 Å². The van der Waals surface area contributed by atoms with Crippen LogP contribution in [0.2, 0.25) is 5.02 Å². The summed E-state index contributed by atoms with van der Waals surface area (Å²) in [7, 11) is 0. The predicted molar refractivity (Wildman–Crippen MR) is 72.4 cm³/mol. The second-order valence-corrected chi connectivity index (χ2v) is 5.51. The first-order valence-electron chi connectivity index (χ1n) is 4.64. The van der Waals surface area contributed by atoms with Crippen molar-refractivity contribution >= 4 is 50.2 Å². The van der Waals surface area contributed by atoms with Crippen molar-refractivity contribution in [1.82, 2.24) is 4.37 Å². The Hall–Kier alpha value is -1.10. The number of thiophene rings is 1. The number of rotatable bonds is 1. The number of nitrogen functional groups attached to an aromatic ring is 1. The zero-order valence-corrected chi connectivity index (χ0v) is 10.5. The van der Waals surface area contributed by atoms with Gasteiger partial charge in [0.25, 0.3) is 0 Å². The third kappa shape index (κ3) is 1.50. The molecule has 2 aromatic heterocycles. The molecule has 2 nitrogen and oxygen atoms in total. The molecule has 0 bridgehead atoms. The van der Waals surface area contributed by atoms with Gasteiger partial charge in [0.05, 0.1) is 14.6 Å². The molecule has 3 aromatic rings. The molecule has 2 heterocycles. The summed E-state index contributed by atoms with van der Waals surface area (Å²) >= 11 is 9.19. The van der Waals surface area contributed by atoms with Gasteiger partial charge in [0.2, 0.25) is 0 Å². The molecule has 0 radical (unpaired) electrons. The lowest BCUT2D eigenvalue weighted by Gasteiger charge is -1.96. The van der Waals surface area contributed by atoms with Crippen LogP contribution in [-0.2, 0) is 0 Å². The summed E-state index contributed by atoms with van der Waals surface area (Å²) in [5.74, 6) is 0. The molecule has 0 aliphatic heterocycles. The lowest BCUT2D eigenvalue weighted by Crippen LogP contribution is -1.82. The summed E-state index contributed by atoms with van der Waals surface area (Å²) in [4.78, 5) is 1.01. The first-order valence-corrected chi connectivity index (χ1v) is 6.67. The van der Waals surface area contributed by atoms with Crippen molar-refractivity contribution in [2.45, 2.75) is 0 Å². The molecule has 0 fully saturated rings. The van der Waals surface area contributed by atoms with Gasteiger partial charge in [-0.05, 0) is 41.2 Å². The Bertz CT molecular complexity index is 657. The van der Waals surface area contributed by atoms with Crippen molar-refractivity contribution in [3.63, 3.8) is 0 Å². The van der Waals surface area contributed by atoms with Crippen molar-refractivity contribution in [2.24, 2.45) is 0 Å². The maximum atomic E-state index is 6.12. The number of fused-ring (bicyclic) bond motifs is 1. The summed E-state index contributed by atoms with van der Waals surface area (Å²) < 4.78 is 5.58. The summed E-state index contributed by atoms with van der Waals surface area (Å²) in [6.07, 6.45) is 0. The zero-order chi connectivity index (χ0) is 11.1. The molecule has 0 aliphatic carbocycles. The normalized spacial score (nSPS) is 11.1. The Balaban J connectivity index is 2.32. The second-order valence-electron chi connectivity index (χ2n) is 3.38. The topological polar surface area (TPSA) is 38.9 Å². The maximum absolute atomic E-state index is 6.12. The molecule has 0 atom stereocenters. The van der Waals surface area contributed by atoms with E-state index in [9.17, 15) is 0 Å². The number of aromatic nitrogens is 1. The van der Waals surface area contributed by atoms with Gasteiger partial charge >= 0.3 is 0 Å². The number of halogens is 1. The summed E-state index contributed by atoms with van der Waals surface area (Å²) in [6, 6.07) is 7.72. The molecule has 0 spiro atoms. The fourth-order valence-corrected chi connectivity index (χ4v) is 3.55. The van der Waals surface area contributed by atoms with Gasteiger partial charge in [-0.3, -0.25) is 0 Å². The maximum Gasteiger partial charge on any atom is 0.103 e. The van der Waals surface area contributed by atoms with Crippen LogP contribution >= 0.6 is 34.5 Å². The highest BCUT2D eigenvalue weighted by molar-refractivity contribution is 7.16. The van der Waals surface area contributed by atoms with Crippen LogP contribution in [0, 0.1) is 0 Å². The minimum Gasteiger partial charge on any atom is -0.399 e. The van der Waals surface area contributed by atoms with E-state index in [2.05, 4.69) is 4.37 Å². The van der Waals surface area contributed by atoms with E-state index in [0.29, 0.717) is 0 Å². The van der Waals surface area contributed by atoms with Crippen LogP contribution in [-0.4, -0.2) is 4.37 Å². The number of hydrogen-bond donors (Lipinski definition) is 1. The van der Waals surface area contributed by atoms with Crippen molar-refractivity contribution in [2.75, 3.05) is 5.73 Å². The van der Waals surface area contributed by atoms with Crippen LogP contribution in [0.4, 0.5) is 5.69 Å². The Kier molecular flexibility index (Phi) is 2.35. The van der Waals surface area contributed by atoms with E-state index in [4.69, 9.17) is 17.3 Å². The van der Waals surface area contributed by atoms with Crippen LogP contribution in [0.1, 0.15) is 0 Å². The van der Waals surface area contributed by atoms with E-state index in [1.165, 1.54) is 11.5 Å². The highest BCUT2D eigenvalue weighted by atomic mass is 35.5. The number of anilines is 1. The summed E-state index contributed by atoms with van der Waals surface area (Å²) in [6.45, 7) is 0. The van der Waals surface area contributed by atoms with E-state index >= 15 is 0 Å². The molecule has 0 saturated carbocycles. The molecular formula is C11H7ClN2S2. The fourth-order valence-electron chi connectivity index (χ4n) is 1.58. The van der Waals surface area contributed by atoms with Gasteiger partial charge in [0.1, 0.15) is 5.69 Å². The SMILES string of the molecule is Nc1ccc2snc(-c3sccc3Cl)c2c1. The largest absolute Gasteiger partial charge is 0.399 e. The molecule has 1 aromatic carbocycles. The van der Waals surface area contributed by atoms with E-state index in [-0.39, 0.29) is 0 Å². The molecule has 3 rings (SSSR count). The monoisotopic (exact) mass is 266 g/mol.